The fourth-order valence-corrected chi connectivity index (χ4v) is 6.37. The van der Waals surface area contributed by atoms with Crippen LogP contribution in [0.1, 0.15) is 64.0 Å². The monoisotopic (exact) mass is 648 g/mol. The van der Waals surface area contributed by atoms with Crippen molar-refractivity contribution in [3.8, 4) is 5.75 Å². The van der Waals surface area contributed by atoms with Crippen LogP contribution in [0, 0.1) is 0 Å². The third-order valence-electron chi connectivity index (χ3n) is 9.16. The first-order chi connectivity index (χ1) is 21.9. The molecule has 46 heavy (non-hydrogen) atoms. The number of nitrogens with zero attached hydrogens (tertiary/aromatic N) is 1. The molecule has 3 amide bonds. The molecular weight excluding hydrogens is 606 g/mol. The Morgan fingerprint density at radius 1 is 1.07 bits per heavy atom. The Kier molecular flexibility index (Phi) is 10.7. The van der Waals surface area contributed by atoms with Crippen molar-refractivity contribution in [1.82, 2.24) is 20.9 Å². The lowest BCUT2D eigenvalue weighted by Gasteiger charge is -2.34. The lowest BCUT2D eigenvalue weighted by molar-refractivity contribution is -0.136. The molecule has 2 unspecified atom stereocenters. The number of benzene rings is 1. The molecule has 1 aromatic rings. The number of carbonyl (C=O) groups excluding carboxylic acids is 4. The molecule has 252 valence electrons. The third-order valence-corrected chi connectivity index (χ3v) is 9.16. The van der Waals surface area contributed by atoms with Gasteiger partial charge in [0.1, 0.15) is 29.5 Å². The largest absolute Gasteiger partial charge is 0.435 e. The Hall–Kier alpha value is -3.46. The second-order valence-electron chi connectivity index (χ2n) is 12.7. The van der Waals surface area contributed by atoms with E-state index in [1.54, 1.807) is 6.92 Å². The van der Waals surface area contributed by atoms with E-state index in [0.717, 1.165) is 37.7 Å². The number of alkyl halides is 2. The van der Waals surface area contributed by atoms with Crippen molar-refractivity contribution in [2.75, 3.05) is 26.4 Å². The predicted octanol–water partition coefficient (Wildman–Crippen LogP) is 1.52. The lowest BCUT2D eigenvalue weighted by atomic mass is 9.93. The van der Waals surface area contributed by atoms with Crippen LogP contribution in [0.4, 0.5) is 8.78 Å². The zero-order valence-corrected chi connectivity index (χ0v) is 26.0. The van der Waals surface area contributed by atoms with Crippen LogP contribution in [-0.2, 0) is 28.7 Å². The summed E-state index contributed by atoms with van der Waals surface area (Å²) in [6.45, 7) is 1.47. The van der Waals surface area contributed by atoms with Crippen molar-refractivity contribution in [1.29, 1.82) is 0 Å². The van der Waals surface area contributed by atoms with Crippen molar-refractivity contribution in [3.63, 3.8) is 0 Å². The molecule has 3 saturated heterocycles. The molecule has 0 saturated carbocycles. The Bertz CT molecular complexity index is 1310. The molecule has 0 aromatic heterocycles. The lowest BCUT2D eigenvalue weighted by Crippen LogP contribution is -2.58. The summed E-state index contributed by atoms with van der Waals surface area (Å²) in [7, 11) is 0. The number of halogens is 2. The van der Waals surface area contributed by atoms with Crippen molar-refractivity contribution >= 4 is 23.5 Å². The van der Waals surface area contributed by atoms with Crippen molar-refractivity contribution in [2.24, 2.45) is 0 Å². The molecule has 0 radical (unpaired) electrons. The van der Waals surface area contributed by atoms with E-state index in [1.165, 1.54) is 31.2 Å². The minimum absolute atomic E-state index is 0.0936. The Morgan fingerprint density at radius 2 is 1.74 bits per heavy atom. The van der Waals surface area contributed by atoms with Gasteiger partial charge in [0.15, 0.2) is 5.78 Å². The average Bonchev–Trinajstić information content (AvgIpc) is 3.49. The van der Waals surface area contributed by atoms with Gasteiger partial charge in [-0.05, 0) is 70.1 Å². The number of aliphatic hydroxyl groups excluding tert-OH is 1. The predicted molar refractivity (Wildman–Crippen MR) is 160 cm³/mol. The Labute approximate surface area is 266 Å². The second kappa shape index (κ2) is 14.5. The molecule has 1 aliphatic carbocycles. The summed E-state index contributed by atoms with van der Waals surface area (Å²) in [6.07, 6.45) is 5.12. The quantitative estimate of drug-likeness (QED) is 0.163. The number of hydrogen-bond donors (Lipinski definition) is 4. The highest BCUT2D eigenvalue weighted by Crippen LogP contribution is 2.32. The maximum Gasteiger partial charge on any atom is 0.387 e. The topological polar surface area (TPSA) is 159 Å². The van der Waals surface area contributed by atoms with E-state index < -0.39 is 48.3 Å². The number of morpholine rings is 1. The molecule has 5 rings (SSSR count). The number of hydrogen-bond acceptors (Lipinski definition) is 9. The van der Waals surface area contributed by atoms with Gasteiger partial charge >= 0.3 is 6.61 Å². The molecule has 4 N–H and O–H groups in total. The summed E-state index contributed by atoms with van der Waals surface area (Å²) in [5.41, 5.74) is 0.109. The average molecular weight is 649 g/mol. The van der Waals surface area contributed by atoms with Crippen LogP contribution in [0.25, 0.3) is 0 Å². The second-order valence-corrected chi connectivity index (χ2v) is 12.7. The van der Waals surface area contributed by atoms with Crippen LogP contribution < -0.4 is 20.7 Å². The van der Waals surface area contributed by atoms with E-state index >= 15 is 0 Å². The zero-order chi connectivity index (χ0) is 33.0. The smallest absolute Gasteiger partial charge is 0.387 e. The maximum absolute atomic E-state index is 13.8. The summed E-state index contributed by atoms with van der Waals surface area (Å²) >= 11 is 0. The highest BCUT2D eigenvalue weighted by Gasteiger charge is 2.50. The number of allylic oxidation sites excluding steroid dienone is 1. The van der Waals surface area contributed by atoms with Gasteiger partial charge in [0.25, 0.3) is 0 Å². The highest BCUT2D eigenvalue weighted by molar-refractivity contribution is 5.98. The number of fused-ring (bicyclic) bond motifs is 2. The summed E-state index contributed by atoms with van der Waals surface area (Å²) < 4.78 is 40.6. The molecule has 3 aliphatic heterocycles. The highest BCUT2D eigenvalue weighted by atomic mass is 19.3. The summed E-state index contributed by atoms with van der Waals surface area (Å²) in [5.74, 6) is -2.42. The standard InChI is InChI=1S/C32H42F2N4O8/c1-18(35-25(39)14-38-21-9-10-22(38)16-44-15-21)29(42)37-26(27(40)20-7-11-23(12-8-20)46-31(33)34)30(43)36-24(13-19-5-3-4-6-19)28(41)32(2)17-45-32/h5,7-8,11-12,18,21-22,24,26-27,31,40H,3-4,6,9-10,13-17H2,1-2H3,(H,35,39)(H,36,43)(H,37,42)/t18-,21?,22?,24-,26-,27+,32+/m0/s1. The van der Waals surface area contributed by atoms with E-state index in [2.05, 4.69) is 25.6 Å². The number of epoxide rings is 1. The van der Waals surface area contributed by atoms with Crippen molar-refractivity contribution in [3.05, 3.63) is 41.5 Å². The first-order valence-corrected chi connectivity index (χ1v) is 15.8. The number of aliphatic hydroxyl groups is 1. The molecule has 12 nitrogen and oxygen atoms in total. The first-order valence-electron chi connectivity index (χ1n) is 15.8. The Balaban J connectivity index is 1.30. The number of amides is 3. The number of Topliss-reactive ketones (excluding diaryl/α,β-unsaturated/α-hetero) is 1. The normalized spacial score (nSPS) is 26.4. The van der Waals surface area contributed by atoms with Gasteiger partial charge in [-0.1, -0.05) is 23.8 Å². The van der Waals surface area contributed by atoms with Crippen LogP contribution in [0.5, 0.6) is 5.75 Å². The number of carbonyl (C=O) groups is 4. The molecule has 4 aliphatic rings. The van der Waals surface area contributed by atoms with Gasteiger partial charge in [0, 0.05) is 12.1 Å². The number of ether oxygens (including phenoxy) is 3. The van der Waals surface area contributed by atoms with Crippen molar-refractivity contribution < 1.29 is 47.3 Å². The number of nitrogens with one attached hydrogen (secondary N) is 3. The van der Waals surface area contributed by atoms with Gasteiger partial charge in [-0.2, -0.15) is 8.78 Å². The summed E-state index contributed by atoms with van der Waals surface area (Å²) in [6, 6.07) is 1.63. The first kappa shape index (κ1) is 33.9. The molecule has 14 heteroatoms. The molecule has 0 spiro atoms. The van der Waals surface area contributed by atoms with Crippen LogP contribution in [0.15, 0.2) is 35.9 Å². The molecule has 7 atom stereocenters. The van der Waals surface area contributed by atoms with Crippen LogP contribution >= 0.6 is 0 Å². The minimum atomic E-state index is -3.05. The van der Waals surface area contributed by atoms with Gasteiger partial charge < -0.3 is 35.3 Å². The van der Waals surface area contributed by atoms with Gasteiger partial charge in [-0.15, -0.1) is 0 Å². The number of ketones is 1. The van der Waals surface area contributed by atoms with Gasteiger partial charge in [-0.25, -0.2) is 0 Å². The van der Waals surface area contributed by atoms with E-state index in [4.69, 9.17) is 9.47 Å². The molecule has 3 heterocycles. The van der Waals surface area contributed by atoms with E-state index in [1.807, 2.05) is 6.08 Å². The minimum Gasteiger partial charge on any atom is -0.435 e. The fraction of sp³-hybridized carbons (Fsp3) is 0.625. The van der Waals surface area contributed by atoms with E-state index in [9.17, 15) is 33.1 Å². The summed E-state index contributed by atoms with van der Waals surface area (Å²) in [5, 5.41) is 19.3. The maximum atomic E-state index is 13.8. The van der Waals surface area contributed by atoms with Crippen LogP contribution in [-0.4, -0.2) is 102 Å². The molecule has 2 bridgehead atoms. The van der Waals surface area contributed by atoms with Crippen LogP contribution in [0.3, 0.4) is 0 Å². The number of rotatable bonds is 15. The summed E-state index contributed by atoms with van der Waals surface area (Å²) in [4.78, 5) is 55.5. The molecular formula is C32H42F2N4O8. The van der Waals surface area contributed by atoms with Gasteiger partial charge in [-0.3, -0.25) is 24.1 Å². The van der Waals surface area contributed by atoms with Gasteiger partial charge in [0.05, 0.1) is 32.4 Å². The van der Waals surface area contributed by atoms with Crippen molar-refractivity contribution in [2.45, 2.75) is 101 Å². The third kappa shape index (κ3) is 8.27. The van der Waals surface area contributed by atoms with Crippen LogP contribution in [0.2, 0.25) is 0 Å². The van der Waals surface area contributed by atoms with Gasteiger partial charge in [0.2, 0.25) is 17.7 Å². The fourth-order valence-electron chi connectivity index (χ4n) is 6.37. The molecule has 3 fully saturated rings. The Morgan fingerprint density at radius 3 is 2.33 bits per heavy atom. The van der Waals surface area contributed by atoms with E-state index in [0.29, 0.717) is 13.2 Å². The van der Waals surface area contributed by atoms with E-state index in [-0.39, 0.29) is 54.7 Å². The molecule has 1 aromatic carbocycles. The SMILES string of the molecule is C[C@H](NC(=O)CN1C2CCC1COC2)C(=O)N[C@H](C(=O)N[C@@H](CC1=CCCC1)C(=O)[C@@]1(C)CO1)[C@H](O)c1ccc(OC(F)F)cc1. The zero-order valence-electron chi connectivity index (χ0n) is 26.0.